The molecule has 110 valence electrons. The zero-order valence-corrected chi connectivity index (χ0v) is 13.5. The number of thiophene rings is 1. The molecular formula is C14H11Cl2NO3S. The van der Waals surface area contributed by atoms with Crippen molar-refractivity contribution in [1.82, 2.24) is 0 Å². The number of carboxylic acid groups (broad SMARTS) is 1. The first-order valence-corrected chi connectivity index (χ1v) is 7.48. The van der Waals surface area contributed by atoms with E-state index >= 15 is 0 Å². The Hall–Kier alpha value is -1.56. The predicted molar refractivity (Wildman–Crippen MR) is 85.2 cm³/mol. The van der Waals surface area contributed by atoms with Gasteiger partial charge < -0.3 is 10.4 Å². The van der Waals surface area contributed by atoms with Crippen LogP contribution in [0.25, 0.3) is 0 Å². The third-order valence-corrected chi connectivity index (χ3v) is 4.87. The summed E-state index contributed by atoms with van der Waals surface area (Å²) >= 11 is 12.9. The first-order valence-electron chi connectivity index (χ1n) is 5.91. The number of carbonyl (C=O) groups excluding carboxylic acids is 1. The van der Waals surface area contributed by atoms with E-state index in [2.05, 4.69) is 5.32 Å². The van der Waals surface area contributed by atoms with Crippen LogP contribution in [0, 0.1) is 13.8 Å². The Morgan fingerprint density at radius 2 is 1.86 bits per heavy atom. The second-order valence-corrected chi connectivity index (χ2v) is 6.41. The minimum atomic E-state index is -1.07. The Bertz CT molecular complexity index is 740. The molecule has 0 spiro atoms. The Morgan fingerprint density at radius 1 is 1.19 bits per heavy atom. The van der Waals surface area contributed by atoms with Gasteiger partial charge in [0.2, 0.25) is 0 Å². The fraction of sp³-hybridized carbons (Fsp3) is 0.143. The van der Waals surface area contributed by atoms with E-state index in [-0.39, 0.29) is 10.6 Å². The van der Waals surface area contributed by atoms with Crippen LogP contribution in [0.5, 0.6) is 0 Å². The van der Waals surface area contributed by atoms with Gasteiger partial charge >= 0.3 is 5.97 Å². The summed E-state index contributed by atoms with van der Waals surface area (Å²) in [7, 11) is 0. The Kier molecular flexibility index (Phi) is 4.56. The number of amides is 1. The largest absolute Gasteiger partial charge is 0.478 e. The van der Waals surface area contributed by atoms with Crippen LogP contribution in [0.3, 0.4) is 0 Å². The van der Waals surface area contributed by atoms with Crippen molar-refractivity contribution in [2.75, 3.05) is 5.32 Å². The molecule has 1 aromatic heterocycles. The lowest BCUT2D eigenvalue weighted by molar-refractivity contribution is 0.0697. The molecule has 0 fully saturated rings. The topological polar surface area (TPSA) is 66.4 Å². The zero-order chi connectivity index (χ0) is 15.7. The molecule has 0 aliphatic rings. The van der Waals surface area contributed by atoms with E-state index in [9.17, 15) is 14.7 Å². The minimum absolute atomic E-state index is 0.117. The molecule has 7 heteroatoms. The number of halogens is 2. The van der Waals surface area contributed by atoms with Crippen molar-refractivity contribution in [2.24, 2.45) is 0 Å². The van der Waals surface area contributed by atoms with Crippen molar-refractivity contribution in [3.63, 3.8) is 0 Å². The van der Waals surface area contributed by atoms with Gasteiger partial charge in [0.15, 0.2) is 0 Å². The van der Waals surface area contributed by atoms with Crippen LogP contribution in [0.1, 0.15) is 31.2 Å². The molecule has 1 heterocycles. The number of rotatable bonds is 3. The number of aromatic carboxylic acids is 1. The molecule has 0 radical (unpaired) electrons. The van der Waals surface area contributed by atoms with E-state index in [0.717, 1.165) is 4.88 Å². The van der Waals surface area contributed by atoms with Gasteiger partial charge in [0.25, 0.3) is 5.91 Å². The molecule has 4 nitrogen and oxygen atoms in total. The zero-order valence-electron chi connectivity index (χ0n) is 11.2. The van der Waals surface area contributed by atoms with E-state index in [0.29, 0.717) is 21.2 Å². The highest BCUT2D eigenvalue weighted by Crippen LogP contribution is 2.33. The normalized spacial score (nSPS) is 10.5. The summed E-state index contributed by atoms with van der Waals surface area (Å²) < 4.78 is 0. The van der Waals surface area contributed by atoms with Gasteiger partial charge in [-0.15, -0.1) is 11.3 Å². The fourth-order valence-corrected chi connectivity index (χ4v) is 3.13. The lowest BCUT2D eigenvalue weighted by Crippen LogP contribution is -2.13. The van der Waals surface area contributed by atoms with Crippen LogP contribution in [-0.4, -0.2) is 17.0 Å². The molecule has 0 bridgehead atoms. The molecule has 2 aromatic rings. The van der Waals surface area contributed by atoms with Gasteiger partial charge in [-0.3, -0.25) is 4.79 Å². The minimum Gasteiger partial charge on any atom is -0.478 e. The number of benzene rings is 1. The number of hydrogen-bond acceptors (Lipinski definition) is 3. The van der Waals surface area contributed by atoms with Crippen LogP contribution in [0.4, 0.5) is 5.00 Å². The Morgan fingerprint density at radius 3 is 2.43 bits per heavy atom. The molecule has 1 aromatic carbocycles. The number of anilines is 1. The molecular weight excluding hydrogens is 333 g/mol. The third kappa shape index (κ3) is 3.20. The van der Waals surface area contributed by atoms with Crippen LogP contribution in [-0.2, 0) is 0 Å². The monoisotopic (exact) mass is 343 g/mol. The smallest absolute Gasteiger partial charge is 0.338 e. The predicted octanol–water partition coefficient (Wildman–Crippen LogP) is 4.62. The van der Waals surface area contributed by atoms with Crippen LogP contribution < -0.4 is 5.32 Å². The van der Waals surface area contributed by atoms with E-state index in [1.54, 1.807) is 13.8 Å². The van der Waals surface area contributed by atoms with Crippen molar-refractivity contribution < 1.29 is 14.7 Å². The molecule has 2 rings (SSSR count). The summed E-state index contributed by atoms with van der Waals surface area (Å²) in [6.45, 7) is 3.52. The van der Waals surface area contributed by atoms with E-state index in [1.165, 1.54) is 29.5 Å². The maximum Gasteiger partial charge on any atom is 0.338 e. The maximum absolute atomic E-state index is 12.2. The quantitative estimate of drug-likeness (QED) is 0.854. The fourth-order valence-electron chi connectivity index (χ4n) is 1.79. The van der Waals surface area contributed by atoms with Crippen molar-refractivity contribution in [3.05, 3.63) is 49.8 Å². The van der Waals surface area contributed by atoms with Crippen molar-refractivity contribution in [1.29, 1.82) is 0 Å². The van der Waals surface area contributed by atoms with Gasteiger partial charge in [-0.05, 0) is 37.6 Å². The number of carboxylic acids is 1. The molecule has 2 N–H and O–H groups in total. The van der Waals surface area contributed by atoms with Gasteiger partial charge in [-0.25, -0.2) is 4.79 Å². The van der Waals surface area contributed by atoms with Crippen molar-refractivity contribution in [2.45, 2.75) is 13.8 Å². The molecule has 1 amide bonds. The summed E-state index contributed by atoms with van der Waals surface area (Å²) in [5.41, 5.74) is 1.08. The number of carbonyl (C=O) groups is 2. The molecule has 0 saturated heterocycles. The summed E-state index contributed by atoms with van der Waals surface area (Å²) in [5, 5.41) is 12.8. The van der Waals surface area contributed by atoms with Gasteiger partial charge in [0.05, 0.1) is 15.6 Å². The summed E-state index contributed by atoms with van der Waals surface area (Å²) in [4.78, 5) is 24.3. The van der Waals surface area contributed by atoms with Gasteiger partial charge in [-0.2, -0.15) is 0 Å². The molecule has 0 atom stereocenters. The molecule has 0 aliphatic carbocycles. The average Bonchev–Trinajstić information content (AvgIpc) is 2.68. The first-order chi connectivity index (χ1) is 9.81. The van der Waals surface area contributed by atoms with E-state index in [1.807, 2.05) is 0 Å². The second-order valence-electron chi connectivity index (χ2n) is 4.38. The highest BCUT2D eigenvalue weighted by molar-refractivity contribution is 7.16. The maximum atomic E-state index is 12.2. The lowest BCUT2D eigenvalue weighted by Gasteiger charge is -2.05. The summed E-state index contributed by atoms with van der Waals surface area (Å²) in [5.74, 6) is -1.50. The molecule has 21 heavy (non-hydrogen) atoms. The van der Waals surface area contributed by atoms with E-state index < -0.39 is 11.9 Å². The summed E-state index contributed by atoms with van der Waals surface area (Å²) in [6, 6.07) is 4.48. The van der Waals surface area contributed by atoms with Crippen LogP contribution in [0.15, 0.2) is 18.2 Å². The van der Waals surface area contributed by atoms with Gasteiger partial charge in [-0.1, -0.05) is 23.2 Å². The number of nitrogens with one attached hydrogen (secondary N) is 1. The molecule has 0 aliphatic heterocycles. The standard InChI is InChI=1S/C14H11Cl2NO3S/c1-6-7(2)21-13(11(6)14(19)20)17-12(18)8-3-4-9(15)10(16)5-8/h3-5H,1-2H3,(H,17,18)(H,19,20). The Balaban J connectivity index is 2.33. The third-order valence-electron chi connectivity index (χ3n) is 3.01. The summed E-state index contributed by atoms with van der Waals surface area (Å²) in [6.07, 6.45) is 0. The van der Waals surface area contributed by atoms with Gasteiger partial charge in [0.1, 0.15) is 5.00 Å². The first kappa shape index (κ1) is 15.8. The molecule has 0 unspecified atom stereocenters. The van der Waals surface area contributed by atoms with Crippen molar-refractivity contribution in [3.8, 4) is 0 Å². The highest BCUT2D eigenvalue weighted by atomic mass is 35.5. The van der Waals surface area contributed by atoms with Crippen LogP contribution >= 0.6 is 34.5 Å². The van der Waals surface area contributed by atoms with E-state index in [4.69, 9.17) is 23.2 Å². The van der Waals surface area contributed by atoms with Gasteiger partial charge in [0, 0.05) is 10.4 Å². The lowest BCUT2D eigenvalue weighted by atomic mass is 10.1. The number of hydrogen-bond donors (Lipinski definition) is 2. The van der Waals surface area contributed by atoms with Crippen LogP contribution in [0.2, 0.25) is 10.0 Å². The Labute approximate surface area is 135 Å². The SMILES string of the molecule is Cc1sc(NC(=O)c2ccc(Cl)c(Cl)c2)c(C(=O)O)c1C. The highest BCUT2D eigenvalue weighted by Gasteiger charge is 2.21. The average molecular weight is 344 g/mol. The molecule has 0 saturated carbocycles. The second kappa shape index (κ2) is 6.05. The van der Waals surface area contributed by atoms with Crippen molar-refractivity contribution >= 4 is 51.4 Å². The number of aryl methyl sites for hydroxylation is 1.